The fraction of sp³-hybridized carbons (Fsp3) is 0.118. The molecule has 0 saturated carbocycles. The lowest BCUT2D eigenvalue weighted by atomic mass is 10.3. The average molecular weight is 394 g/mol. The SMILES string of the molecule is O=C(NCc1cccnc1)c1csc(Nc2ccc(OC(F)(F)F)cc2)n1. The van der Waals surface area contributed by atoms with E-state index in [0.29, 0.717) is 17.4 Å². The third-order valence-corrected chi connectivity index (χ3v) is 4.01. The van der Waals surface area contributed by atoms with Crippen molar-refractivity contribution in [2.45, 2.75) is 12.9 Å². The molecule has 2 aromatic heterocycles. The minimum absolute atomic E-state index is 0.239. The molecule has 0 aliphatic rings. The molecule has 0 spiro atoms. The summed E-state index contributed by atoms with van der Waals surface area (Å²) in [4.78, 5) is 20.3. The number of carbonyl (C=O) groups is 1. The molecular formula is C17H13F3N4O2S. The van der Waals surface area contributed by atoms with Crippen molar-refractivity contribution in [2.24, 2.45) is 0 Å². The molecule has 0 bridgehead atoms. The van der Waals surface area contributed by atoms with Crippen molar-refractivity contribution in [3.8, 4) is 5.75 Å². The Morgan fingerprint density at radius 1 is 1.19 bits per heavy atom. The molecule has 0 fully saturated rings. The third kappa shape index (κ3) is 5.68. The van der Waals surface area contributed by atoms with Crippen molar-refractivity contribution in [1.82, 2.24) is 15.3 Å². The zero-order chi connectivity index (χ0) is 19.3. The fourth-order valence-electron chi connectivity index (χ4n) is 2.07. The number of ether oxygens (including phenoxy) is 1. The highest BCUT2D eigenvalue weighted by molar-refractivity contribution is 7.14. The summed E-state index contributed by atoms with van der Waals surface area (Å²) in [6, 6.07) is 8.83. The maximum Gasteiger partial charge on any atom is 0.573 e. The summed E-state index contributed by atoms with van der Waals surface area (Å²) < 4.78 is 40.3. The van der Waals surface area contributed by atoms with Crippen LogP contribution in [-0.2, 0) is 6.54 Å². The van der Waals surface area contributed by atoms with Gasteiger partial charge in [-0.3, -0.25) is 9.78 Å². The van der Waals surface area contributed by atoms with Gasteiger partial charge < -0.3 is 15.4 Å². The smallest absolute Gasteiger partial charge is 0.406 e. The fourth-order valence-corrected chi connectivity index (χ4v) is 2.79. The number of pyridine rings is 1. The topological polar surface area (TPSA) is 76.1 Å². The van der Waals surface area contributed by atoms with Gasteiger partial charge in [0.25, 0.3) is 5.91 Å². The molecule has 140 valence electrons. The first kappa shape index (κ1) is 18.6. The summed E-state index contributed by atoms with van der Waals surface area (Å²) in [5.41, 5.74) is 1.62. The van der Waals surface area contributed by atoms with Crippen molar-refractivity contribution in [3.05, 3.63) is 65.4 Å². The normalized spacial score (nSPS) is 11.1. The van der Waals surface area contributed by atoms with Gasteiger partial charge in [0, 0.05) is 30.0 Å². The number of amides is 1. The predicted octanol–water partition coefficient (Wildman–Crippen LogP) is 4.11. The molecule has 1 amide bonds. The lowest BCUT2D eigenvalue weighted by molar-refractivity contribution is -0.274. The van der Waals surface area contributed by atoms with Crippen LogP contribution in [0.5, 0.6) is 5.75 Å². The largest absolute Gasteiger partial charge is 0.573 e. The molecule has 0 atom stereocenters. The van der Waals surface area contributed by atoms with E-state index in [4.69, 9.17) is 0 Å². The van der Waals surface area contributed by atoms with E-state index >= 15 is 0 Å². The van der Waals surface area contributed by atoms with Crippen molar-refractivity contribution < 1.29 is 22.7 Å². The molecule has 6 nitrogen and oxygen atoms in total. The molecule has 0 aliphatic heterocycles. The molecule has 27 heavy (non-hydrogen) atoms. The van der Waals surface area contributed by atoms with Crippen LogP contribution >= 0.6 is 11.3 Å². The number of aromatic nitrogens is 2. The van der Waals surface area contributed by atoms with E-state index < -0.39 is 6.36 Å². The maximum atomic E-state index is 12.2. The van der Waals surface area contributed by atoms with E-state index in [1.165, 1.54) is 35.6 Å². The summed E-state index contributed by atoms with van der Waals surface area (Å²) in [5, 5.41) is 7.68. The number of anilines is 2. The standard InChI is InChI=1S/C17H13F3N4O2S/c18-17(19,20)26-13-5-3-12(4-6-13)23-16-24-14(10-27-16)15(25)22-9-11-2-1-7-21-8-11/h1-8,10H,9H2,(H,22,25)(H,23,24). The van der Waals surface area contributed by atoms with Gasteiger partial charge >= 0.3 is 6.36 Å². The molecule has 2 N–H and O–H groups in total. The Morgan fingerprint density at radius 3 is 2.63 bits per heavy atom. The zero-order valence-electron chi connectivity index (χ0n) is 13.7. The van der Waals surface area contributed by atoms with E-state index in [1.807, 2.05) is 6.07 Å². The maximum absolute atomic E-state index is 12.2. The number of benzene rings is 1. The third-order valence-electron chi connectivity index (χ3n) is 3.25. The molecular weight excluding hydrogens is 381 g/mol. The molecule has 0 aliphatic carbocycles. The molecule has 2 heterocycles. The van der Waals surface area contributed by atoms with Gasteiger partial charge in [-0.25, -0.2) is 4.98 Å². The van der Waals surface area contributed by atoms with E-state index in [1.54, 1.807) is 23.8 Å². The molecule has 0 unspecified atom stereocenters. The second-order valence-corrected chi connectivity index (χ2v) is 6.14. The Balaban J connectivity index is 1.56. The highest BCUT2D eigenvalue weighted by Gasteiger charge is 2.30. The van der Waals surface area contributed by atoms with Crippen LogP contribution in [0.1, 0.15) is 16.1 Å². The van der Waals surface area contributed by atoms with Gasteiger partial charge in [0.15, 0.2) is 5.13 Å². The number of hydrogen-bond donors (Lipinski definition) is 2. The van der Waals surface area contributed by atoms with Crippen LogP contribution in [0.2, 0.25) is 0 Å². The molecule has 3 rings (SSSR count). The van der Waals surface area contributed by atoms with Crippen molar-refractivity contribution >= 4 is 28.1 Å². The van der Waals surface area contributed by atoms with E-state index in [2.05, 4.69) is 25.3 Å². The van der Waals surface area contributed by atoms with Gasteiger partial charge in [0.2, 0.25) is 0 Å². The molecule has 0 radical (unpaired) electrons. The number of nitrogens with one attached hydrogen (secondary N) is 2. The first-order valence-electron chi connectivity index (χ1n) is 7.64. The quantitative estimate of drug-likeness (QED) is 0.658. The van der Waals surface area contributed by atoms with Gasteiger partial charge in [-0.1, -0.05) is 6.07 Å². The lowest BCUT2D eigenvalue weighted by Gasteiger charge is -2.09. The van der Waals surface area contributed by atoms with Gasteiger partial charge in [-0.05, 0) is 35.9 Å². The van der Waals surface area contributed by atoms with Crippen LogP contribution in [0.3, 0.4) is 0 Å². The Morgan fingerprint density at radius 2 is 1.96 bits per heavy atom. The number of halogens is 3. The summed E-state index contributed by atoms with van der Waals surface area (Å²) in [7, 11) is 0. The first-order valence-corrected chi connectivity index (χ1v) is 8.52. The number of nitrogens with zero attached hydrogens (tertiary/aromatic N) is 2. The van der Waals surface area contributed by atoms with Gasteiger partial charge in [-0.15, -0.1) is 24.5 Å². The van der Waals surface area contributed by atoms with Crippen molar-refractivity contribution in [1.29, 1.82) is 0 Å². The van der Waals surface area contributed by atoms with E-state index in [0.717, 1.165) is 5.56 Å². The predicted molar refractivity (Wildman–Crippen MR) is 93.9 cm³/mol. The van der Waals surface area contributed by atoms with E-state index in [-0.39, 0.29) is 17.4 Å². The first-order chi connectivity index (χ1) is 12.9. The van der Waals surface area contributed by atoms with Crippen LogP contribution < -0.4 is 15.4 Å². The van der Waals surface area contributed by atoms with Crippen LogP contribution in [0.4, 0.5) is 24.0 Å². The number of alkyl halides is 3. The highest BCUT2D eigenvalue weighted by atomic mass is 32.1. The Kier molecular flexibility index (Phi) is 5.55. The number of hydrogen-bond acceptors (Lipinski definition) is 6. The number of thiazole rings is 1. The minimum atomic E-state index is -4.73. The van der Waals surface area contributed by atoms with Crippen LogP contribution in [0, 0.1) is 0 Å². The summed E-state index contributed by atoms with van der Waals surface area (Å²) >= 11 is 1.20. The number of carbonyl (C=O) groups excluding carboxylic acids is 1. The van der Waals surface area contributed by atoms with Gasteiger partial charge in [-0.2, -0.15) is 0 Å². The minimum Gasteiger partial charge on any atom is -0.406 e. The summed E-state index contributed by atoms with van der Waals surface area (Å²) in [5.74, 6) is -0.653. The van der Waals surface area contributed by atoms with Crippen LogP contribution in [0.25, 0.3) is 0 Å². The lowest BCUT2D eigenvalue weighted by Crippen LogP contribution is -2.23. The summed E-state index contributed by atoms with van der Waals surface area (Å²) in [6.45, 7) is 0.327. The zero-order valence-corrected chi connectivity index (χ0v) is 14.5. The van der Waals surface area contributed by atoms with Crippen molar-refractivity contribution in [2.75, 3.05) is 5.32 Å². The van der Waals surface area contributed by atoms with Crippen LogP contribution in [-0.4, -0.2) is 22.2 Å². The molecule has 10 heteroatoms. The van der Waals surface area contributed by atoms with Crippen molar-refractivity contribution in [3.63, 3.8) is 0 Å². The summed E-state index contributed by atoms with van der Waals surface area (Å²) in [6.07, 6.45) is -1.44. The van der Waals surface area contributed by atoms with Gasteiger partial charge in [0.1, 0.15) is 11.4 Å². The Labute approximate surface area is 156 Å². The molecule has 3 aromatic rings. The molecule has 0 saturated heterocycles. The highest BCUT2D eigenvalue weighted by Crippen LogP contribution is 2.26. The Hall–Kier alpha value is -3.14. The Bertz CT molecular complexity index is 899. The second-order valence-electron chi connectivity index (χ2n) is 5.28. The average Bonchev–Trinajstić information content (AvgIpc) is 3.10. The number of rotatable bonds is 6. The molecule has 1 aromatic carbocycles. The monoisotopic (exact) mass is 394 g/mol. The van der Waals surface area contributed by atoms with Gasteiger partial charge in [0.05, 0.1) is 0 Å². The van der Waals surface area contributed by atoms with E-state index in [9.17, 15) is 18.0 Å². The van der Waals surface area contributed by atoms with Crippen LogP contribution in [0.15, 0.2) is 54.2 Å². The second kappa shape index (κ2) is 8.04.